The molecule has 2 heterocycles. The Hall–Kier alpha value is -2.49. The van der Waals surface area contributed by atoms with E-state index < -0.39 is 0 Å². The number of aromatic nitrogens is 2. The summed E-state index contributed by atoms with van der Waals surface area (Å²) in [6, 6.07) is 9.98. The van der Waals surface area contributed by atoms with Gasteiger partial charge in [0.25, 0.3) is 0 Å². The molecule has 4 nitrogen and oxygen atoms in total. The SMILES string of the molecule is Cc1cc(C)c(-c2nc3cccc(C)n3c2N=O)c(C)c1. The zero-order valence-corrected chi connectivity index (χ0v) is 12.6. The Bertz CT molecular complexity index is 839. The fourth-order valence-electron chi connectivity index (χ4n) is 3.04. The highest BCUT2D eigenvalue weighted by atomic mass is 16.3. The summed E-state index contributed by atoms with van der Waals surface area (Å²) in [5.41, 5.74) is 6.78. The van der Waals surface area contributed by atoms with Gasteiger partial charge in [0.15, 0.2) is 0 Å². The van der Waals surface area contributed by atoms with Crippen molar-refractivity contribution in [2.75, 3.05) is 0 Å². The number of nitroso groups, excluding NO2 is 1. The van der Waals surface area contributed by atoms with Gasteiger partial charge in [-0.1, -0.05) is 23.8 Å². The number of fused-ring (bicyclic) bond motifs is 1. The molecule has 0 amide bonds. The summed E-state index contributed by atoms with van der Waals surface area (Å²) in [5, 5.41) is 3.25. The molecule has 4 heteroatoms. The molecule has 0 aliphatic carbocycles. The zero-order valence-electron chi connectivity index (χ0n) is 12.6. The van der Waals surface area contributed by atoms with Crippen molar-refractivity contribution in [1.82, 2.24) is 9.38 Å². The van der Waals surface area contributed by atoms with E-state index in [1.165, 1.54) is 5.56 Å². The van der Waals surface area contributed by atoms with Gasteiger partial charge in [-0.05, 0) is 56.1 Å². The fraction of sp³-hybridized carbons (Fsp3) is 0.235. The molecule has 106 valence electrons. The van der Waals surface area contributed by atoms with E-state index in [0.29, 0.717) is 11.5 Å². The number of pyridine rings is 1. The number of aryl methyl sites for hydroxylation is 4. The Morgan fingerprint density at radius 2 is 1.71 bits per heavy atom. The maximum Gasteiger partial charge on any atom is 0.209 e. The van der Waals surface area contributed by atoms with Crippen LogP contribution in [0.1, 0.15) is 22.4 Å². The average Bonchev–Trinajstić information content (AvgIpc) is 2.77. The first-order valence-electron chi connectivity index (χ1n) is 6.92. The number of rotatable bonds is 2. The van der Waals surface area contributed by atoms with Crippen LogP contribution in [0.4, 0.5) is 5.82 Å². The maximum absolute atomic E-state index is 11.4. The van der Waals surface area contributed by atoms with E-state index in [1.807, 2.05) is 39.0 Å². The second-order valence-electron chi connectivity index (χ2n) is 5.51. The Kier molecular flexibility index (Phi) is 3.09. The van der Waals surface area contributed by atoms with E-state index in [0.717, 1.165) is 28.0 Å². The molecule has 1 aromatic carbocycles. The Morgan fingerprint density at radius 1 is 1.05 bits per heavy atom. The lowest BCUT2D eigenvalue weighted by Gasteiger charge is -2.09. The third-order valence-electron chi connectivity index (χ3n) is 3.81. The zero-order chi connectivity index (χ0) is 15.1. The summed E-state index contributed by atoms with van der Waals surface area (Å²) in [7, 11) is 0. The first-order chi connectivity index (χ1) is 10.0. The molecule has 0 saturated heterocycles. The number of nitrogens with zero attached hydrogens (tertiary/aromatic N) is 3. The van der Waals surface area contributed by atoms with E-state index in [1.54, 1.807) is 4.40 Å². The summed E-state index contributed by atoms with van der Waals surface area (Å²) in [6.45, 7) is 8.10. The fourth-order valence-corrected chi connectivity index (χ4v) is 3.04. The number of hydrogen-bond donors (Lipinski definition) is 0. The lowest BCUT2D eigenvalue weighted by molar-refractivity contribution is 1.08. The van der Waals surface area contributed by atoms with Crippen LogP contribution in [0.3, 0.4) is 0 Å². The molecule has 21 heavy (non-hydrogen) atoms. The van der Waals surface area contributed by atoms with Crippen LogP contribution in [0.2, 0.25) is 0 Å². The summed E-state index contributed by atoms with van der Waals surface area (Å²) in [6.07, 6.45) is 0. The molecule has 0 bridgehead atoms. The van der Waals surface area contributed by atoms with Crippen molar-refractivity contribution in [2.45, 2.75) is 27.7 Å². The van der Waals surface area contributed by atoms with Gasteiger partial charge >= 0.3 is 0 Å². The van der Waals surface area contributed by atoms with Crippen molar-refractivity contribution in [3.8, 4) is 11.3 Å². The van der Waals surface area contributed by atoms with Crippen molar-refractivity contribution in [2.24, 2.45) is 5.18 Å². The van der Waals surface area contributed by atoms with Gasteiger partial charge in [-0.15, -0.1) is 4.91 Å². The first kappa shape index (κ1) is 13.5. The third-order valence-corrected chi connectivity index (χ3v) is 3.81. The molecule has 0 atom stereocenters. The van der Waals surface area contributed by atoms with Crippen LogP contribution in [-0.2, 0) is 0 Å². The van der Waals surface area contributed by atoms with Crippen LogP contribution < -0.4 is 0 Å². The van der Waals surface area contributed by atoms with Crippen LogP contribution in [0.25, 0.3) is 16.9 Å². The Labute approximate surface area is 123 Å². The van der Waals surface area contributed by atoms with Gasteiger partial charge in [-0.2, -0.15) is 0 Å². The van der Waals surface area contributed by atoms with Crippen LogP contribution >= 0.6 is 0 Å². The molecule has 0 aliphatic rings. The molecule has 0 saturated carbocycles. The molecule has 0 radical (unpaired) electrons. The maximum atomic E-state index is 11.4. The van der Waals surface area contributed by atoms with E-state index >= 15 is 0 Å². The van der Waals surface area contributed by atoms with Gasteiger partial charge < -0.3 is 0 Å². The molecule has 2 aromatic heterocycles. The standard InChI is InChI=1S/C17H17N3O/c1-10-8-11(2)15(12(3)9-10)16-17(19-21)20-13(4)6-5-7-14(20)18-16/h5-9H,1-4H3. The normalized spacial score (nSPS) is 11.0. The van der Waals surface area contributed by atoms with Crippen LogP contribution in [-0.4, -0.2) is 9.38 Å². The second kappa shape index (κ2) is 4.81. The van der Waals surface area contributed by atoms with Gasteiger partial charge in [0.05, 0.1) is 0 Å². The smallest absolute Gasteiger partial charge is 0.209 e. The third kappa shape index (κ3) is 2.03. The van der Waals surface area contributed by atoms with Crippen molar-refractivity contribution in [1.29, 1.82) is 0 Å². The highest BCUT2D eigenvalue weighted by Crippen LogP contribution is 2.36. The molecular formula is C17H17N3O. The molecule has 0 fully saturated rings. The second-order valence-corrected chi connectivity index (χ2v) is 5.51. The Morgan fingerprint density at radius 3 is 2.33 bits per heavy atom. The molecule has 3 rings (SSSR count). The van der Waals surface area contributed by atoms with Crippen LogP contribution in [0.5, 0.6) is 0 Å². The number of benzene rings is 1. The van der Waals surface area contributed by atoms with Crippen LogP contribution in [0.15, 0.2) is 35.5 Å². The summed E-state index contributed by atoms with van der Waals surface area (Å²) in [4.78, 5) is 16.0. The molecule has 0 unspecified atom stereocenters. The molecule has 0 N–H and O–H groups in total. The van der Waals surface area contributed by atoms with Gasteiger partial charge in [-0.25, -0.2) is 4.98 Å². The van der Waals surface area contributed by atoms with Crippen molar-refractivity contribution in [3.05, 3.63) is 57.6 Å². The minimum atomic E-state index is 0.373. The molecule has 0 aliphatic heterocycles. The predicted molar refractivity (Wildman–Crippen MR) is 85.0 cm³/mol. The molecule has 0 spiro atoms. The number of hydrogen-bond acceptors (Lipinski definition) is 3. The number of imidazole rings is 1. The van der Waals surface area contributed by atoms with E-state index in [4.69, 9.17) is 0 Å². The minimum absolute atomic E-state index is 0.373. The van der Waals surface area contributed by atoms with E-state index in [-0.39, 0.29) is 0 Å². The van der Waals surface area contributed by atoms with Crippen LogP contribution in [0, 0.1) is 32.6 Å². The minimum Gasteiger partial charge on any atom is -0.278 e. The van der Waals surface area contributed by atoms with Gasteiger partial charge in [-0.3, -0.25) is 4.40 Å². The average molecular weight is 279 g/mol. The monoisotopic (exact) mass is 279 g/mol. The lowest BCUT2D eigenvalue weighted by Crippen LogP contribution is -1.91. The Balaban J connectivity index is 2.41. The predicted octanol–water partition coefficient (Wildman–Crippen LogP) is 4.63. The van der Waals surface area contributed by atoms with Crippen molar-refractivity contribution >= 4 is 11.5 Å². The van der Waals surface area contributed by atoms with Gasteiger partial charge in [0.1, 0.15) is 11.3 Å². The molecule has 3 aromatic rings. The van der Waals surface area contributed by atoms with E-state index in [2.05, 4.69) is 29.2 Å². The summed E-state index contributed by atoms with van der Waals surface area (Å²) >= 11 is 0. The molecular weight excluding hydrogens is 262 g/mol. The highest BCUT2D eigenvalue weighted by molar-refractivity contribution is 5.79. The summed E-state index contributed by atoms with van der Waals surface area (Å²) < 4.78 is 1.81. The lowest BCUT2D eigenvalue weighted by atomic mass is 9.97. The summed E-state index contributed by atoms with van der Waals surface area (Å²) in [5.74, 6) is 0.373. The quantitative estimate of drug-likeness (QED) is 0.642. The van der Waals surface area contributed by atoms with Crippen molar-refractivity contribution < 1.29 is 0 Å². The largest absolute Gasteiger partial charge is 0.278 e. The van der Waals surface area contributed by atoms with Gasteiger partial charge in [0, 0.05) is 11.3 Å². The van der Waals surface area contributed by atoms with Gasteiger partial charge in [0.2, 0.25) is 5.82 Å². The van der Waals surface area contributed by atoms with Crippen molar-refractivity contribution in [3.63, 3.8) is 0 Å². The highest BCUT2D eigenvalue weighted by Gasteiger charge is 2.19. The topological polar surface area (TPSA) is 46.7 Å². The first-order valence-corrected chi connectivity index (χ1v) is 6.92. The van der Waals surface area contributed by atoms with E-state index in [9.17, 15) is 4.91 Å².